The number of para-hydroxylation sites is 1. The molecule has 0 saturated heterocycles. The van der Waals surface area contributed by atoms with Gasteiger partial charge in [-0.2, -0.15) is 0 Å². The Morgan fingerprint density at radius 2 is 1.69 bits per heavy atom. The molecule has 1 heterocycles. The molecule has 9 nitrogen and oxygen atoms in total. The van der Waals surface area contributed by atoms with Gasteiger partial charge >= 0.3 is 7.68 Å². The molecular formula is C28H36N3O6PS. The van der Waals surface area contributed by atoms with Crippen molar-refractivity contribution >= 4 is 29.1 Å². The normalized spacial score (nSPS) is 11.6. The molecule has 1 aromatic heterocycles. The molecule has 0 atom stereocenters. The van der Waals surface area contributed by atoms with Crippen molar-refractivity contribution in [1.29, 1.82) is 0 Å². The number of benzene rings is 2. The van der Waals surface area contributed by atoms with Crippen molar-refractivity contribution < 1.29 is 27.0 Å². The third kappa shape index (κ3) is 7.83. The van der Waals surface area contributed by atoms with Crippen LogP contribution in [0, 0.1) is 6.92 Å². The van der Waals surface area contributed by atoms with Crippen molar-refractivity contribution in [3.63, 3.8) is 0 Å². The highest BCUT2D eigenvalue weighted by Crippen LogP contribution is 2.43. The van der Waals surface area contributed by atoms with E-state index in [0.29, 0.717) is 31.1 Å². The maximum atomic E-state index is 14.2. The van der Waals surface area contributed by atoms with Gasteiger partial charge in [0.1, 0.15) is 23.0 Å². The van der Waals surface area contributed by atoms with Gasteiger partial charge in [0.05, 0.1) is 12.3 Å². The average molecular weight is 574 g/mol. The zero-order valence-corrected chi connectivity index (χ0v) is 24.5. The smallest absolute Gasteiger partial charge is 0.342 e. The first kappa shape index (κ1) is 30.2. The lowest BCUT2D eigenvalue weighted by atomic mass is 10.2. The molecule has 11 heteroatoms. The van der Waals surface area contributed by atoms with Crippen molar-refractivity contribution in [2.45, 2.75) is 57.1 Å². The van der Waals surface area contributed by atoms with Crippen LogP contribution in [0.25, 0.3) is 0 Å². The maximum absolute atomic E-state index is 14.2. The Labute approximate surface area is 231 Å². The van der Waals surface area contributed by atoms with Crippen LogP contribution in [0.1, 0.15) is 45.6 Å². The van der Waals surface area contributed by atoms with Gasteiger partial charge in [0, 0.05) is 30.7 Å². The van der Waals surface area contributed by atoms with Gasteiger partial charge < -0.3 is 14.8 Å². The highest BCUT2D eigenvalue weighted by Gasteiger charge is 2.43. The van der Waals surface area contributed by atoms with E-state index in [-0.39, 0.29) is 16.3 Å². The second-order valence-corrected chi connectivity index (χ2v) is 12.9. The van der Waals surface area contributed by atoms with Crippen molar-refractivity contribution in [2.75, 3.05) is 29.4 Å². The van der Waals surface area contributed by atoms with Crippen LogP contribution in [0.5, 0.6) is 11.5 Å². The Balaban J connectivity index is 1.95. The number of nitrogens with one attached hydrogen (secondary N) is 1. The molecule has 0 amide bonds. The summed E-state index contributed by atoms with van der Waals surface area (Å²) in [6, 6.07) is 14.9. The third-order valence-corrected chi connectivity index (χ3v) is 9.24. The van der Waals surface area contributed by atoms with Gasteiger partial charge in [0.2, 0.25) is 0 Å². The van der Waals surface area contributed by atoms with E-state index >= 15 is 0 Å². The largest absolute Gasteiger partial charge is 0.492 e. The number of ether oxygens (including phenoxy) is 2. The first-order valence-corrected chi connectivity index (χ1v) is 15.5. The quantitative estimate of drug-likeness (QED) is 0.161. The van der Waals surface area contributed by atoms with Crippen molar-refractivity contribution in [1.82, 2.24) is 4.98 Å². The summed E-state index contributed by atoms with van der Waals surface area (Å²) in [5.74, 6) is 0.601. The van der Waals surface area contributed by atoms with E-state index in [0.717, 1.165) is 29.3 Å². The monoisotopic (exact) mass is 573 g/mol. The van der Waals surface area contributed by atoms with Gasteiger partial charge in [-0.1, -0.05) is 31.9 Å². The molecule has 0 bridgehead atoms. The molecule has 0 aliphatic heterocycles. The first-order valence-electron chi connectivity index (χ1n) is 12.9. The Morgan fingerprint density at radius 1 is 0.974 bits per heavy atom. The molecular weight excluding hydrogens is 537 g/mol. The number of unbranched alkanes of at least 4 members (excludes halogenated alkanes) is 2. The number of sulfonamides is 1. The minimum Gasteiger partial charge on any atom is -0.492 e. The minimum absolute atomic E-state index is 0.100. The Bertz CT molecular complexity index is 1400. The number of hydrogen-bond acceptors (Lipinski definition) is 8. The topological polar surface area (TPSA) is 115 Å². The van der Waals surface area contributed by atoms with E-state index in [1.807, 2.05) is 12.1 Å². The van der Waals surface area contributed by atoms with E-state index in [1.54, 1.807) is 55.7 Å². The second-order valence-electron chi connectivity index (χ2n) is 9.54. The van der Waals surface area contributed by atoms with Crippen molar-refractivity contribution in [2.24, 2.45) is 0 Å². The summed E-state index contributed by atoms with van der Waals surface area (Å²) in [5, 5.41) is 1.44. The molecule has 0 saturated carbocycles. The summed E-state index contributed by atoms with van der Waals surface area (Å²) in [5.41, 5.74) is 1.79. The molecule has 3 aromatic rings. The van der Waals surface area contributed by atoms with E-state index in [9.17, 15) is 17.5 Å². The number of rotatable bonds is 15. The van der Waals surface area contributed by atoms with E-state index in [2.05, 4.69) is 17.2 Å². The van der Waals surface area contributed by atoms with E-state index < -0.39 is 23.0 Å². The number of anilines is 2. The fraction of sp³-hybridized carbons (Fsp3) is 0.393. The number of nitrogens with zero attached hydrogens (tertiary/aromatic N) is 2. The SMILES string of the molecule is CCCCCOc1ccccc1S(=O)(=O)N(c1cc(C)cc(OCCNc2ccncc2)c1)C(C)(C)P(=O)=O. The van der Waals surface area contributed by atoms with Crippen LogP contribution in [0.15, 0.2) is 71.9 Å². The number of pyridine rings is 1. The molecule has 3 rings (SSSR count). The predicted molar refractivity (Wildman–Crippen MR) is 153 cm³/mol. The summed E-state index contributed by atoms with van der Waals surface area (Å²) in [6.45, 7) is 7.74. The molecule has 2 aromatic carbocycles. The van der Waals surface area contributed by atoms with Gasteiger partial charge in [-0.15, -0.1) is 0 Å². The van der Waals surface area contributed by atoms with Crippen LogP contribution < -0.4 is 19.1 Å². The number of aromatic nitrogens is 1. The molecule has 0 aliphatic carbocycles. The van der Waals surface area contributed by atoms with Gasteiger partial charge in [-0.3, -0.25) is 4.98 Å². The predicted octanol–water partition coefficient (Wildman–Crippen LogP) is 6.55. The molecule has 0 spiro atoms. The van der Waals surface area contributed by atoms with Crippen LogP contribution >= 0.6 is 7.68 Å². The molecule has 0 fully saturated rings. The van der Waals surface area contributed by atoms with Crippen LogP contribution in [-0.4, -0.2) is 38.4 Å². The Morgan fingerprint density at radius 3 is 2.38 bits per heavy atom. The fourth-order valence-corrected chi connectivity index (χ4v) is 6.59. The van der Waals surface area contributed by atoms with E-state index in [1.165, 1.54) is 19.9 Å². The van der Waals surface area contributed by atoms with Crippen molar-refractivity contribution in [3.05, 3.63) is 72.6 Å². The lowest BCUT2D eigenvalue weighted by Gasteiger charge is -2.34. The minimum atomic E-state index is -4.37. The second kappa shape index (κ2) is 13.6. The average Bonchev–Trinajstić information content (AvgIpc) is 2.89. The Kier molecular flexibility index (Phi) is 10.5. The van der Waals surface area contributed by atoms with Gasteiger partial charge in [-0.05, 0) is 69.2 Å². The highest BCUT2D eigenvalue weighted by atomic mass is 32.2. The van der Waals surface area contributed by atoms with Crippen LogP contribution in [0.4, 0.5) is 11.4 Å². The number of hydrogen-bond donors (Lipinski definition) is 1. The maximum Gasteiger partial charge on any atom is 0.342 e. The fourth-order valence-electron chi connectivity index (χ4n) is 4.00. The zero-order valence-electron chi connectivity index (χ0n) is 22.8. The lowest BCUT2D eigenvalue weighted by Crippen LogP contribution is -2.45. The lowest BCUT2D eigenvalue weighted by molar-refractivity contribution is 0.298. The van der Waals surface area contributed by atoms with Crippen molar-refractivity contribution in [3.8, 4) is 11.5 Å². The first-order chi connectivity index (χ1) is 18.6. The molecule has 39 heavy (non-hydrogen) atoms. The summed E-state index contributed by atoms with van der Waals surface area (Å²) in [7, 11) is -7.57. The standard InChI is InChI=1S/C28H36N3O6PS/c1-5-6-9-17-37-26-10-7-8-11-27(26)39(34,35)31(28(3,4)38(32)33)24-19-22(2)20-25(21-24)36-18-16-30-23-12-14-29-15-13-23/h7-8,10-15,19-21H,5-6,9,16-18H2,1-4H3,(H,29,30). The molecule has 0 radical (unpaired) electrons. The van der Waals surface area contributed by atoms with Crippen LogP contribution in [0.3, 0.4) is 0 Å². The summed E-state index contributed by atoms with van der Waals surface area (Å²) < 4.78 is 65.8. The summed E-state index contributed by atoms with van der Waals surface area (Å²) in [4.78, 5) is 3.88. The summed E-state index contributed by atoms with van der Waals surface area (Å²) in [6.07, 6.45) is 6.10. The van der Waals surface area contributed by atoms with E-state index in [4.69, 9.17) is 9.47 Å². The molecule has 1 N–H and O–H groups in total. The van der Waals surface area contributed by atoms with Crippen LogP contribution in [-0.2, 0) is 19.2 Å². The third-order valence-electron chi connectivity index (χ3n) is 5.97. The van der Waals surface area contributed by atoms with Crippen LogP contribution in [0.2, 0.25) is 0 Å². The molecule has 0 unspecified atom stereocenters. The number of aryl methyl sites for hydroxylation is 1. The summed E-state index contributed by atoms with van der Waals surface area (Å²) >= 11 is 0. The van der Waals surface area contributed by atoms with Gasteiger partial charge in [-0.25, -0.2) is 21.9 Å². The molecule has 210 valence electrons. The molecule has 0 aliphatic rings. The van der Waals surface area contributed by atoms with Gasteiger partial charge in [0.25, 0.3) is 10.0 Å². The highest BCUT2D eigenvalue weighted by molar-refractivity contribution is 7.93. The van der Waals surface area contributed by atoms with Gasteiger partial charge in [0.15, 0.2) is 5.28 Å². The Hall–Kier alpha value is -3.36. The zero-order chi connectivity index (χ0) is 28.5.